The Morgan fingerprint density at radius 2 is 1.78 bits per heavy atom. The molecule has 368 valence electrons. The number of allylic oxidation sites excluding steroid dienone is 3. The molecule has 1 aliphatic carbocycles. The van der Waals surface area contributed by atoms with Crippen LogP contribution in [0.4, 0.5) is 5.69 Å². The Bertz CT molecular complexity index is 2160. The molecule has 1 aromatic carbocycles. The molecule has 2 N–H and O–H groups in total. The van der Waals surface area contributed by atoms with Crippen LogP contribution in [0.3, 0.4) is 0 Å². The Morgan fingerprint density at radius 1 is 1.07 bits per heavy atom. The van der Waals surface area contributed by atoms with Crippen LogP contribution in [0.2, 0.25) is 5.02 Å². The molecule has 1 aromatic rings. The highest BCUT2D eigenvalue weighted by Crippen LogP contribution is 2.50. The molecule has 0 spiro atoms. The molecule has 4 aliphatic heterocycles. The number of carbonyl (C=O) groups is 7. The van der Waals surface area contributed by atoms with Gasteiger partial charge in [-0.1, -0.05) is 42.3 Å². The minimum atomic E-state index is -1.63. The van der Waals surface area contributed by atoms with Crippen LogP contribution in [-0.2, 0) is 58.9 Å². The van der Waals surface area contributed by atoms with Crippen molar-refractivity contribution in [2.75, 3.05) is 45.5 Å². The van der Waals surface area contributed by atoms with Crippen molar-refractivity contribution in [1.82, 2.24) is 9.80 Å². The van der Waals surface area contributed by atoms with E-state index in [0.717, 1.165) is 11.1 Å². The number of carbonyl (C=O) groups excluding carboxylic acids is 6. The van der Waals surface area contributed by atoms with Crippen molar-refractivity contribution < 1.29 is 67.5 Å². The van der Waals surface area contributed by atoms with Gasteiger partial charge in [-0.3, -0.25) is 33.7 Å². The molecule has 4 fully saturated rings. The SMILES string of the molecule is COc1cc2cc(c1Cl)N(C)C(=O)C[C@H](OC(=O)[C@H](C)N(C)C(=O)CCS[C@@H]1CC(=O)N(CC3CCC(C(=O)O)CC3)C1=O)[C@]1(C)O[C@H]1[C@H](C)[C@@H]1C[C@@](O)(CC(=O)O1)[C@H](OC)/C=C/C=C(\C)C2. The van der Waals surface area contributed by atoms with Gasteiger partial charge in [-0.15, -0.1) is 11.8 Å². The number of thioether (sulfide) groups is 1. The van der Waals surface area contributed by atoms with Crippen molar-refractivity contribution in [2.45, 2.75) is 139 Å². The van der Waals surface area contributed by atoms with Crippen LogP contribution in [0.25, 0.3) is 0 Å². The fourth-order valence-corrected chi connectivity index (χ4v) is 11.2. The highest BCUT2D eigenvalue weighted by Gasteiger charge is 2.64. The summed E-state index contributed by atoms with van der Waals surface area (Å²) >= 11 is 8.01. The second-order valence-electron chi connectivity index (χ2n) is 18.9. The molecule has 0 unspecified atom stereocenters. The number of aliphatic carboxylic acids is 1. The van der Waals surface area contributed by atoms with E-state index in [0.29, 0.717) is 43.5 Å². The van der Waals surface area contributed by atoms with Crippen molar-refractivity contribution >= 4 is 70.6 Å². The zero-order valence-electron chi connectivity index (χ0n) is 39.5. The van der Waals surface area contributed by atoms with Gasteiger partial charge >= 0.3 is 17.9 Å². The highest BCUT2D eigenvalue weighted by atomic mass is 35.5. The predicted octanol–water partition coefficient (Wildman–Crippen LogP) is 4.91. The third-order valence-electron chi connectivity index (χ3n) is 14.3. The maximum Gasteiger partial charge on any atom is 0.328 e. The first kappa shape index (κ1) is 51.9. The molecular weight excluding hydrogens is 910 g/mol. The summed E-state index contributed by atoms with van der Waals surface area (Å²) in [5, 5.41) is 20.8. The van der Waals surface area contributed by atoms with Gasteiger partial charge in [-0.05, 0) is 76.5 Å². The number of benzene rings is 1. The summed E-state index contributed by atoms with van der Waals surface area (Å²) in [6.45, 7) is 7.17. The monoisotopic (exact) mass is 973 g/mol. The second kappa shape index (κ2) is 21.4. The summed E-state index contributed by atoms with van der Waals surface area (Å²) in [6, 6.07) is 2.43. The number of hydrogen-bond donors (Lipinski definition) is 2. The minimum Gasteiger partial charge on any atom is -0.495 e. The molecule has 1 saturated carbocycles. The fraction of sp³-hybridized carbons (Fsp3) is 0.646. The zero-order chi connectivity index (χ0) is 49.1. The van der Waals surface area contributed by atoms with Crippen LogP contribution in [0.5, 0.6) is 5.75 Å². The lowest BCUT2D eigenvalue weighted by atomic mass is 9.78. The van der Waals surface area contributed by atoms with Gasteiger partial charge in [0.2, 0.25) is 23.6 Å². The molecule has 19 heteroatoms. The number of likely N-dealkylation sites (tertiary alicyclic amines) is 1. The number of methoxy groups -OCH3 is 2. The van der Waals surface area contributed by atoms with Gasteiger partial charge < -0.3 is 43.7 Å². The molecule has 0 aromatic heterocycles. The van der Waals surface area contributed by atoms with E-state index in [9.17, 15) is 43.8 Å². The third kappa shape index (κ3) is 11.7. The lowest BCUT2D eigenvalue weighted by Crippen LogP contribution is -2.53. The Morgan fingerprint density at radius 3 is 2.43 bits per heavy atom. The van der Waals surface area contributed by atoms with E-state index in [1.54, 1.807) is 45.2 Å². The van der Waals surface area contributed by atoms with E-state index < -0.39 is 88.5 Å². The van der Waals surface area contributed by atoms with Crippen LogP contribution in [0.15, 0.2) is 35.9 Å². The number of halogens is 1. The topological polar surface area (TPSA) is 219 Å². The zero-order valence-corrected chi connectivity index (χ0v) is 41.1. The molecule has 17 nitrogen and oxygen atoms in total. The molecule has 67 heavy (non-hydrogen) atoms. The number of esters is 2. The summed E-state index contributed by atoms with van der Waals surface area (Å²) in [5.41, 5.74) is -0.852. The number of carboxylic acid groups (broad SMARTS) is 1. The van der Waals surface area contributed by atoms with E-state index in [4.69, 9.17) is 35.3 Å². The quantitative estimate of drug-likeness (QED) is 0.162. The Balaban J connectivity index is 1.16. The summed E-state index contributed by atoms with van der Waals surface area (Å²) < 4.78 is 29.6. The molecule has 4 amide bonds. The van der Waals surface area contributed by atoms with Crippen LogP contribution < -0.4 is 9.64 Å². The van der Waals surface area contributed by atoms with E-state index in [2.05, 4.69) is 0 Å². The van der Waals surface area contributed by atoms with E-state index in [1.165, 1.54) is 54.7 Å². The molecular formula is C48H64ClN3O14S. The first-order valence-corrected chi connectivity index (χ1v) is 24.3. The number of aliphatic hydroxyl groups is 1. The molecule has 4 bridgehead atoms. The summed E-state index contributed by atoms with van der Waals surface area (Å²) in [5.74, 6) is -4.11. The van der Waals surface area contributed by atoms with Crippen LogP contribution in [-0.4, -0.2) is 149 Å². The smallest absolute Gasteiger partial charge is 0.328 e. The normalized spacial score (nSPS) is 33.2. The van der Waals surface area contributed by atoms with Gasteiger partial charge in [0.15, 0.2) is 0 Å². The van der Waals surface area contributed by atoms with Crippen molar-refractivity contribution in [3.8, 4) is 5.75 Å². The predicted molar refractivity (Wildman–Crippen MR) is 247 cm³/mol. The highest BCUT2D eigenvalue weighted by molar-refractivity contribution is 8.00. The molecule has 0 radical (unpaired) electrons. The second-order valence-corrected chi connectivity index (χ2v) is 20.6. The number of imide groups is 1. The number of amides is 4. The Hall–Kier alpha value is -4.49. The van der Waals surface area contributed by atoms with Gasteiger partial charge in [0.1, 0.15) is 46.3 Å². The molecule has 4 heterocycles. The minimum absolute atomic E-state index is 0.00768. The fourth-order valence-electron chi connectivity index (χ4n) is 9.76. The first-order valence-electron chi connectivity index (χ1n) is 22.8. The molecule has 3 saturated heterocycles. The van der Waals surface area contributed by atoms with Gasteiger partial charge in [-0.2, -0.15) is 0 Å². The maximum absolute atomic E-state index is 14.3. The van der Waals surface area contributed by atoms with Gasteiger partial charge in [-0.25, -0.2) is 4.79 Å². The lowest BCUT2D eigenvalue weighted by Gasteiger charge is -2.41. The molecule has 9 atom stereocenters. The molecule has 6 rings (SSSR count). The van der Waals surface area contributed by atoms with Crippen LogP contribution in [0.1, 0.15) is 91.0 Å². The van der Waals surface area contributed by atoms with Crippen molar-refractivity contribution in [1.29, 1.82) is 0 Å². The lowest BCUT2D eigenvalue weighted by molar-refractivity contribution is -0.187. The number of epoxide rings is 1. The Kier molecular flexibility index (Phi) is 16.6. The largest absolute Gasteiger partial charge is 0.495 e. The van der Waals surface area contributed by atoms with Crippen molar-refractivity contribution in [2.24, 2.45) is 17.8 Å². The first-order chi connectivity index (χ1) is 31.6. The summed E-state index contributed by atoms with van der Waals surface area (Å²) in [7, 11) is 5.93. The number of rotatable bonds is 12. The number of carboxylic acids is 1. The summed E-state index contributed by atoms with van der Waals surface area (Å²) in [6.07, 6.45) is 3.70. The van der Waals surface area contributed by atoms with Crippen molar-refractivity contribution in [3.05, 3.63) is 46.5 Å². The standard InChI is InChI=1S/C48H64ClN3O14S/c1-26-10-9-11-36(63-8)48(61)23-34(64-41(56)24-48)27(2)43-47(4,66-43)37(22-39(54)51(6)32-19-30(18-26)20-33(62-7)42(32)49)65-46(60)28(3)50(5)38(53)16-17-67-35-21-40(55)52(44(35)57)25-29-12-14-31(15-13-29)45(58)59/h9-11,19-20,27-29,31,34-37,43,61H,12-18,21-25H2,1-8H3,(H,58,59)/b11-9+,26-10+/t27-,28+,29?,31?,34+,35-,36-,37+,43+,47+,48-/m1/s1. The van der Waals surface area contributed by atoms with Crippen molar-refractivity contribution in [3.63, 3.8) is 0 Å². The Labute approximate surface area is 400 Å². The van der Waals surface area contributed by atoms with Gasteiger partial charge in [0, 0.05) is 58.7 Å². The number of hydrogen-bond acceptors (Lipinski definition) is 14. The average molecular weight is 975 g/mol. The number of anilines is 1. The number of likely N-dealkylation sites (N-methyl/N-ethyl adjacent to an activating group) is 1. The van der Waals surface area contributed by atoms with Gasteiger partial charge in [0.25, 0.3) is 0 Å². The number of ether oxygens (including phenoxy) is 5. The third-order valence-corrected chi connectivity index (χ3v) is 15.8. The van der Waals surface area contributed by atoms with Crippen LogP contribution >= 0.6 is 23.4 Å². The van der Waals surface area contributed by atoms with Crippen LogP contribution in [0, 0.1) is 17.8 Å². The molecule has 5 aliphatic rings. The van der Waals surface area contributed by atoms with E-state index in [1.807, 2.05) is 13.0 Å². The van der Waals surface area contributed by atoms with E-state index >= 15 is 0 Å². The summed E-state index contributed by atoms with van der Waals surface area (Å²) in [4.78, 5) is 96.3. The average Bonchev–Trinajstić information content (AvgIpc) is 3.91. The maximum atomic E-state index is 14.3. The van der Waals surface area contributed by atoms with Gasteiger partial charge in [0.05, 0.1) is 42.9 Å². The number of fused-ring (bicyclic) bond motifs is 5. The van der Waals surface area contributed by atoms with E-state index in [-0.39, 0.29) is 67.2 Å². The number of nitrogens with zero attached hydrogens (tertiary/aromatic N) is 3.